The average Bonchev–Trinajstić information content (AvgIpc) is 1.83. The van der Waals surface area contributed by atoms with Crippen LogP contribution in [0.15, 0.2) is 0 Å². The highest BCUT2D eigenvalue weighted by Gasteiger charge is 2.53. The quantitative estimate of drug-likeness (QED) is 0.680. The number of ketones is 1. The Kier molecular flexibility index (Phi) is 1.98. The topological polar surface area (TPSA) is 54.4 Å². The molecule has 0 heterocycles. The van der Waals surface area contributed by atoms with Gasteiger partial charge in [0.25, 0.3) is 0 Å². The zero-order chi connectivity index (χ0) is 9.52. The summed E-state index contributed by atoms with van der Waals surface area (Å²) in [4.78, 5) is 21.7. The van der Waals surface area contributed by atoms with E-state index in [0.717, 1.165) is 0 Å². The Labute approximate surface area is 71.8 Å². The van der Waals surface area contributed by atoms with Crippen molar-refractivity contribution in [3.05, 3.63) is 0 Å². The first-order chi connectivity index (χ1) is 5.37. The average molecular weight is 170 g/mol. The lowest BCUT2D eigenvalue weighted by molar-refractivity contribution is -0.162. The molecule has 12 heavy (non-hydrogen) atoms. The molecule has 0 amide bonds. The van der Waals surface area contributed by atoms with E-state index >= 15 is 0 Å². The highest BCUT2D eigenvalue weighted by molar-refractivity contribution is 5.84. The Morgan fingerprint density at radius 3 is 2.08 bits per heavy atom. The minimum absolute atomic E-state index is 0.0569. The molecule has 1 rings (SSSR count). The molecule has 3 nitrogen and oxygen atoms in total. The first-order valence-corrected chi connectivity index (χ1v) is 4.10. The van der Waals surface area contributed by atoms with Crippen LogP contribution in [0.2, 0.25) is 0 Å². The Balaban J connectivity index is 2.72. The van der Waals surface area contributed by atoms with E-state index < -0.39 is 5.97 Å². The molecule has 0 aromatic carbocycles. The molecule has 1 aliphatic rings. The van der Waals surface area contributed by atoms with Gasteiger partial charge in [-0.05, 0) is 18.8 Å². The predicted octanol–water partition coefficient (Wildman–Crippen LogP) is 1.32. The Morgan fingerprint density at radius 1 is 1.33 bits per heavy atom. The first kappa shape index (κ1) is 9.23. The van der Waals surface area contributed by atoms with Gasteiger partial charge >= 0.3 is 5.97 Å². The van der Waals surface area contributed by atoms with Gasteiger partial charge in [0.15, 0.2) is 0 Å². The summed E-state index contributed by atoms with van der Waals surface area (Å²) in [5, 5.41) is 8.76. The van der Waals surface area contributed by atoms with Gasteiger partial charge in [0.1, 0.15) is 5.78 Å². The molecule has 1 aliphatic carbocycles. The molecular weight excluding hydrogens is 156 g/mol. The maximum absolute atomic E-state index is 11.0. The lowest BCUT2D eigenvalue weighted by Gasteiger charge is -2.48. The van der Waals surface area contributed by atoms with Crippen LogP contribution >= 0.6 is 0 Å². The van der Waals surface area contributed by atoms with Crippen LogP contribution in [0.4, 0.5) is 0 Å². The largest absolute Gasteiger partial charge is 0.481 e. The van der Waals surface area contributed by atoms with E-state index in [2.05, 4.69) is 0 Å². The van der Waals surface area contributed by atoms with Gasteiger partial charge in [0, 0.05) is 5.92 Å². The van der Waals surface area contributed by atoms with Crippen LogP contribution in [-0.2, 0) is 9.59 Å². The molecule has 0 aliphatic heterocycles. The fraction of sp³-hybridized carbons (Fsp3) is 0.778. The lowest BCUT2D eigenvalue weighted by Crippen LogP contribution is -2.51. The normalized spacial score (nSPS) is 32.2. The molecule has 0 spiro atoms. The SMILES string of the molecule is CC(=O)[C@H]1C[C@H](C(=O)O)C1(C)C. The first-order valence-electron chi connectivity index (χ1n) is 4.10. The summed E-state index contributed by atoms with van der Waals surface area (Å²) < 4.78 is 0. The molecule has 3 heteroatoms. The zero-order valence-corrected chi connectivity index (χ0v) is 7.63. The second-order valence-corrected chi connectivity index (χ2v) is 4.11. The molecule has 2 atom stereocenters. The van der Waals surface area contributed by atoms with Gasteiger partial charge in [-0.3, -0.25) is 9.59 Å². The van der Waals surface area contributed by atoms with Crippen LogP contribution in [-0.4, -0.2) is 16.9 Å². The van der Waals surface area contributed by atoms with Crippen molar-refractivity contribution < 1.29 is 14.7 Å². The van der Waals surface area contributed by atoms with Crippen molar-refractivity contribution in [3.8, 4) is 0 Å². The number of hydrogen-bond donors (Lipinski definition) is 1. The van der Waals surface area contributed by atoms with Gasteiger partial charge in [0.2, 0.25) is 0 Å². The standard InChI is InChI=1S/C9H14O3/c1-5(10)6-4-7(8(11)12)9(6,2)3/h6-7H,4H2,1-3H3,(H,11,12)/t6-,7-/m1/s1. The second-order valence-electron chi connectivity index (χ2n) is 4.11. The number of carbonyl (C=O) groups is 2. The fourth-order valence-electron chi connectivity index (χ4n) is 2.03. The molecule has 1 N–H and O–H groups in total. The van der Waals surface area contributed by atoms with Gasteiger partial charge in [0.05, 0.1) is 5.92 Å². The number of carbonyl (C=O) groups excluding carboxylic acids is 1. The molecule has 0 radical (unpaired) electrons. The van der Waals surface area contributed by atoms with Gasteiger partial charge in [-0.15, -0.1) is 0 Å². The van der Waals surface area contributed by atoms with Crippen LogP contribution in [0.1, 0.15) is 27.2 Å². The molecule has 0 bridgehead atoms. The summed E-state index contributed by atoms with van der Waals surface area (Å²) in [7, 11) is 0. The van der Waals surface area contributed by atoms with E-state index in [-0.39, 0.29) is 23.0 Å². The summed E-state index contributed by atoms with van der Waals surface area (Å²) >= 11 is 0. The number of Topliss-reactive ketones (excluding diaryl/α,β-unsaturated/α-hetero) is 1. The molecule has 0 aromatic heterocycles. The van der Waals surface area contributed by atoms with E-state index in [4.69, 9.17) is 5.11 Å². The maximum atomic E-state index is 11.0. The van der Waals surface area contributed by atoms with Crippen LogP contribution in [0.3, 0.4) is 0 Å². The third kappa shape index (κ3) is 1.13. The van der Waals surface area contributed by atoms with Gasteiger partial charge < -0.3 is 5.11 Å². The van der Waals surface area contributed by atoms with Crippen molar-refractivity contribution in [2.24, 2.45) is 17.3 Å². The number of rotatable bonds is 2. The summed E-state index contributed by atoms with van der Waals surface area (Å²) in [6.07, 6.45) is 0.512. The summed E-state index contributed by atoms with van der Waals surface area (Å²) in [5.74, 6) is -1.07. The van der Waals surface area contributed by atoms with Crippen molar-refractivity contribution in [1.29, 1.82) is 0 Å². The van der Waals surface area contributed by atoms with E-state index in [1.165, 1.54) is 6.92 Å². The van der Waals surface area contributed by atoms with Crippen molar-refractivity contribution in [3.63, 3.8) is 0 Å². The number of carboxylic acid groups (broad SMARTS) is 1. The molecule has 1 fully saturated rings. The molecule has 0 unspecified atom stereocenters. The second kappa shape index (κ2) is 2.57. The Bertz CT molecular complexity index is 208. The Morgan fingerprint density at radius 2 is 1.83 bits per heavy atom. The van der Waals surface area contributed by atoms with Gasteiger partial charge in [-0.25, -0.2) is 0 Å². The Hall–Kier alpha value is -0.860. The van der Waals surface area contributed by atoms with E-state index in [1.807, 2.05) is 13.8 Å². The third-order valence-corrected chi connectivity index (χ3v) is 3.06. The smallest absolute Gasteiger partial charge is 0.307 e. The summed E-state index contributed by atoms with van der Waals surface area (Å²) in [5.41, 5.74) is -0.350. The molecule has 68 valence electrons. The van der Waals surface area contributed by atoms with Crippen molar-refractivity contribution >= 4 is 11.8 Å². The van der Waals surface area contributed by atoms with E-state index in [0.29, 0.717) is 6.42 Å². The number of aliphatic carboxylic acids is 1. The van der Waals surface area contributed by atoms with Crippen LogP contribution in [0.25, 0.3) is 0 Å². The van der Waals surface area contributed by atoms with Crippen LogP contribution < -0.4 is 0 Å². The minimum atomic E-state index is -0.780. The van der Waals surface area contributed by atoms with Crippen molar-refractivity contribution in [1.82, 2.24) is 0 Å². The van der Waals surface area contributed by atoms with E-state index in [9.17, 15) is 9.59 Å². The van der Waals surface area contributed by atoms with Crippen LogP contribution in [0, 0.1) is 17.3 Å². The summed E-state index contributed by atoms with van der Waals surface area (Å²) in [6.45, 7) is 5.23. The minimum Gasteiger partial charge on any atom is -0.481 e. The zero-order valence-electron chi connectivity index (χ0n) is 7.63. The molecular formula is C9H14O3. The van der Waals surface area contributed by atoms with Crippen molar-refractivity contribution in [2.45, 2.75) is 27.2 Å². The number of carboxylic acids is 1. The third-order valence-electron chi connectivity index (χ3n) is 3.06. The maximum Gasteiger partial charge on any atom is 0.307 e. The van der Waals surface area contributed by atoms with Gasteiger partial charge in [-0.2, -0.15) is 0 Å². The summed E-state index contributed by atoms with van der Waals surface area (Å²) in [6, 6.07) is 0. The molecule has 1 saturated carbocycles. The molecule has 0 saturated heterocycles. The molecule has 0 aromatic rings. The van der Waals surface area contributed by atoms with Gasteiger partial charge in [-0.1, -0.05) is 13.8 Å². The van der Waals surface area contributed by atoms with Crippen molar-refractivity contribution in [2.75, 3.05) is 0 Å². The predicted molar refractivity (Wildman–Crippen MR) is 43.7 cm³/mol. The lowest BCUT2D eigenvalue weighted by atomic mass is 9.53. The monoisotopic (exact) mass is 170 g/mol. The highest BCUT2D eigenvalue weighted by atomic mass is 16.4. The van der Waals surface area contributed by atoms with Crippen LogP contribution in [0.5, 0.6) is 0 Å². The highest BCUT2D eigenvalue weighted by Crippen LogP contribution is 2.51. The fourth-order valence-corrected chi connectivity index (χ4v) is 2.03. The number of hydrogen-bond acceptors (Lipinski definition) is 2. The van der Waals surface area contributed by atoms with E-state index in [1.54, 1.807) is 0 Å².